The van der Waals surface area contributed by atoms with Gasteiger partial charge in [0.05, 0.1) is 18.0 Å². The zero-order valence-electron chi connectivity index (χ0n) is 16.7. The molecule has 4 aromatic rings. The Hall–Kier alpha value is -3.62. The molecular weight excluding hydrogens is 380 g/mol. The van der Waals surface area contributed by atoms with Gasteiger partial charge in [-0.25, -0.2) is 9.97 Å². The molecule has 0 unspecified atom stereocenters. The lowest BCUT2D eigenvalue weighted by Crippen LogP contribution is -2.36. The van der Waals surface area contributed by atoms with Crippen LogP contribution in [-0.4, -0.2) is 54.9 Å². The number of nitrogens with zero attached hydrogens (tertiary/aromatic N) is 8. The van der Waals surface area contributed by atoms with Gasteiger partial charge in [0.25, 0.3) is 0 Å². The fourth-order valence-electron chi connectivity index (χ4n) is 3.69. The number of hydrogen-bond donors (Lipinski definition) is 0. The van der Waals surface area contributed by atoms with Crippen molar-refractivity contribution in [2.24, 2.45) is 5.92 Å². The summed E-state index contributed by atoms with van der Waals surface area (Å²) in [6.45, 7) is 4.33. The van der Waals surface area contributed by atoms with Gasteiger partial charge in [-0.15, -0.1) is 10.2 Å². The van der Waals surface area contributed by atoms with Crippen LogP contribution in [0.15, 0.2) is 48.8 Å². The number of piperidine rings is 1. The third-order valence-electron chi connectivity index (χ3n) is 5.37. The molecule has 0 bridgehead atoms. The molecule has 0 atom stereocenters. The van der Waals surface area contributed by atoms with Gasteiger partial charge in [-0.3, -0.25) is 0 Å². The van der Waals surface area contributed by atoms with Gasteiger partial charge in [0, 0.05) is 19.2 Å². The van der Waals surface area contributed by atoms with Crippen molar-refractivity contribution in [3.63, 3.8) is 0 Å². The van der Waals surface area contributed by atoms with Gasteiger partial charge >= 0.3 is 0 Å². The van der Waals surface area contributed by atoms with Crippen molar-refractivity contribution >= 4 is 17.0 Å². The van der Waals surface area contributed by atoms with Crippen molar-refractivity contribution in [3.05, 3.63) is 54.5 Å². The summed E-state index contributed by atoms with van der Waals surface area (Å²) in [5, 5.41) is 16.8. The molecule has 0 aliphatic carbocycles. The number of anilines is 1. The highest BCUT2D eigenvalue weighted by Gasteiger charge is 2.24. The van der Waals surface area contributed by atoms with Gasteiger partial charge in [0.1, 0.15) is 6.33 Å². The highest BCUT2D eigenvalue weighted by Crippen LogP contribution is 2.27. The van der Waals surface area contributed by atoms with Crippen molar-refractivity contribution < 1.29 is 4.74 Å². The van der Waals surface area contributed by atoms with Crippen LogP contribution in [-0.2, 0) is 0 Å². The van der Waals surface area contributed by atoms with Crippen molar-refractivity contribution in [3.8, 4) is 11.6 Å². The summed E-state index contributed by atoms with van der Waals surface area (Å²) < 4.78 is 7.57. The summed E-state index contributed by atoms with van der Waals surface area (Å²) >= 11 is 0. The molecule has 3 aromatic heterocycles. The van der Waals surface area contributed by atoms with Gasteiger partial charge in [-0.05, 0) is 43.9 Å². The Labute approximate surface area is 173 Å². The average Bonchev–Trinajstić information content (AvgIpc) is 3.24. The monoisotopic (exact) mass is 402 g/mol. The lowest BCUT2D eigenvalue weighted by molar-refractivity contribution is 0.214. The van der Waals surface area contributed by atoms with Crippen LogP contribution in [0.3, 0.4) is 0 Å². The van der Waals surface area contributed by atoms with Crippen LogP contribution in [0.25, 0.3) is 16.9 Å². The van der Waals surface area contributed by atoms with Crippen molar-refractivity contribution in [1.82, 2.24) is 35.2 Å². The van der Waals surface area contributed by atoms with Gasteiger partial charge in [-0.1, -0.05) is 23.4 Å². The second-order valence-corrected chi connectivity index (χ2v) is 7.46. The summed E-state index contributed by atoms with van der Waals surface area (Å²) in [7, 11) is 0. The predicted octanol–water partition coefficient (Wildman–Crippen LogP) is 2.60. The molecule has 0 amide bonds. The van der Waals surface area contributed by atoms with E-state index in [9.17, 15) is 0 Å². The maximum absolute atomic E-state index is 5.82. The van der Waals surface area contributed by atoms with E-state index >= 15 is 0 Å². The Balaban J connectivity index is 1.27. The Bertz CT molecular complexity index is 1120. The third kappa shape index (κ3) is 3.66. The summed E-state index contributed by atoms with van der Waals surface area (Å²) in [6, 6.07) is 13.7. The smallest absolute Gasteiger partial charge is 0.233 e. The van der Waals surface area contributed by atoms with Gasteiger partial charge < -0.3 is 9.64 Å². The summed E-state index contributed by atoms with van der Waals surface area (Å²) in [4.78, 5) is 11.2. The second-order valence-electron chi connectivity index (χ2n) is 7.46. The molecule has 0 radical (unpaired) electrons. The molecule has 4 heterocycles. The van der Waals surface area contributed by atoms with E-state index in [1.54, 1.807) is 11.0 Å². The summed E-state index contributed by atoms with van der Waals surface area (Å²) in [5.74, 6) is 1.89. The molecule has 1 saturated heterocycles. The molecule has 1 fully saturated rings. The Morgan fingerprint density at radius 1 is 0.967 bits per heavy atom. The van der Waals surface area contributed by atoms with Crippen LogP contribution >= 0.6 is 0 Å². The van der Waals surface area contributed by atoms with Gasteiger partial charge in [0.15, 0.2) is 17.0 Å². The first kappa shape index (κ1) is 18.4. The van der Waals surface area contributed by atoms with E-state index in [0.29, 0.717) is 18.4 Å². The maximum Gasteiger partial charge on any atom is 0.233 e. The first-order valence-corrected chi connectivity index (χ1v) is 10.1. The average molecular weight is 402 g/mol. The molecule has 0 saturated carbocycles. The maximum atomic E-state index is 5.82. The highest BCUT2D eigenvalue weighted by atomic mass is 16.5. The van der Waals surface area contributed by atoms with Crippen molar-refractivity contribution in [2.45, 2.75) is 19.8 Å². The number of aromatic nitrogens is 7. The number of benzene rings is 1. The van der Waals surface area contributed by atoms with E-state index < -0.39 is 0 Å². The van der Waals surface area contributed by atoms with E-state index in [-0.39, 0.29) is 0 Å². The number of fused-ring (bicyclic) bond motifs is 1. The minimum absolute atomic E-state index is 0.474. The van der Waals surface area contributed by atoms with Crippen molar-refractivity contribution in [2.75, 3.05) is 24.6 Å². The molecule has 152 valence electrons. The Morgan fingerprint density at radius 3 is 2.57 bits per heavy atom. The Morgan fingerprint density at radius 2 is 1.80 bits per heavy atom. The minimum atomic E-state index is 0.474. The molecule has 30 heavy (non-hydrogen) atoms. The normalized spacial score (nSPS) is 14.9. The number of para-hydroxylation sites is 1. The number of rotatable bonds is 5. The molecule has 5 rings (SSSR count). The van der Waals surface area contributed by atoms with Crippen molar-refractivity contribution in [1.29, 1.82) is 0 Å². The predicted molar refractivity (Wildman–Crippen MR) is 112 cm³/mol. The second kappa shape index (κ2) is 8.02. The molecule has 1 aromatic carbocycles. The zero-order valence-corrected chi connectivity index (χ0v) is 16.7. The van der Waals surface area contributed by atoms with E-state index in [0.717, 1.165) is 54.3 Å². The molecule has 9 heteroatoms. The SMILES string of the molecule is Cc1ccc(OCC2CCN(c3ncnc4c3nnn4-c3ccccc3)CC2)nn1. The standard InChI is InChI=1S/C21H22N8O/c1-15-7-8-18(25-24-15)30-13-16-9-11-28(12-10-16)20-19-21(23-14-22-20)29(27-26-19)17-5-3-2-4-6-17/h2-8,14,16H,9-13H2,1H3. The quantitative estimate of drug-likeness (QED) is 0.503. The number of hydrogen-bond acceptors (Lipinski definition) is 8. The molecule has 1 aliphatic heterocycles. The third-order valence-corrected chi connectivity index (χ3v) is 5.37. The molecular formula is C21H22N8O. The van der Waals surface area contributed by atoms with Gasteiger partial charge in [-0.2, -0.15) is 9.78 Å². The lowest BCUT2D eigenvalue weighted by Gasteiger charge is -2.32. The first-order valence-electron chi connectivity index (χ1n) is 10.1. The largest absolute Gasteiger partial charge is 0.476 e. The van der Waals surface area contributed by atoms with Gasteiger partial charge in [0.2, 0.25) is 5.88 Å². The fraction of sp³-hybridized carbons (Fsp3) is 0.333. The van der Waals surface area contributed by atoms with E-state index in [4.69, 9.17) is 4.74 Å². The van der Waals surface area contributed by atoms with E-state index in [2.05, 4.69) is 35.4 Å². The highest BCUT2D eigenvalue weighted by molar-refractivity contribution is 5.83. The molecule has 1 aliphatic rings. The molecule has 0 spiro atoms. The topological polar surface area (TPSA) is 94.7 Å². The van der Waals surface area contributed by atoms with Crippen LogP contribution in [0.2, 0.25) is 0 Å². The Kier molecular flexibility index (Phi) is 4.92. The summed E-state index contributed by atoms with van der Waals surface area (Å²) in [6.07, 6.45) is 3.61. The minimum Gasteiger partial charge on any atom is -0.476 e. The van der Waals surface area contributed by atoms with E-state index in [1.807, 2.05) is 49.4 Å². The number of aryl methyl sites for hydroxylation is 1. The van der Waals surface area contributed by atoms with E-state index in [1.165, 1.54) is 0 Å². The zero-order chi connectivity index (χ0) is 20.3. The van der Waals surface area contributed by atoms with Crippen LogP contribution in [0.5, 0.6) is 5.88 Å². The van der Waals surface area contributed by atoms with Crippen LogP contribution < -0.4 is 9.64 Å². The molecule has 0 N–H and O–H groups in total. The fourth-order valence-corrected chi connectivity index (χ4v) is 3.69. The first-order chi connectivity index (χ1) is 14.8. The van der Waals surface area contributed by atoms with Crippen LogP contribution in [0.1, 0.15) is 18.5 Å². The summed E-state index contributed by atoms with van der Waals surface area (Å²) in [5.41, 5.74) is 3.26. The van der Waals surface area contributed by atoms with Crippen LogP contribution in [0.4, 0.5) is 5.82 Å². The van der Waals surface area contributed by atoms with Crippen LogP contribution in [0, 0.1) is 12.8 Å². The lowest BCUT2D eigenvalue weighted by atomic mass is 9.98. The number of ether oxygens (including phenoxy) is 1. The molecule has 9 nitrogen and oxygen atoms in total.